The minimum absolute atomic E-state index is 0.206. The molecule has 0 saturated carbocycles. The molecule has 0 saturated heterocycles. The van der Waals surface area contributed by atoms with Crippen LogP contribution in [-0.4, -0.2) is 32.3 Å². The lowest BCUT2D eigenvalue weighted by molar-refractivity contribution is 0.0987. The fourth-order valence-corrected chi connectivity index (χ4v) is 3.17. The Morgan fingerprint density at radius 2 is 2.00 bits per heavy atom. The summed E-state index contributed by atoms with van der Waals surface area (Å²) < 4.78 is 16.8. The van der Waals surface area contributed by atoms with Crippen LogP contribution >= 0.6 is 11.6 Å². The van der Waals surface area contributed by atoms with Gasteiger partial charge in [-0.2, -0.15) is 5.26 Å². The van der Waals surface area contributed by atoms with Crippen molar-refractivity contribution in [2.75, 3.05) is 31.3 Å². The first-order chi connectivity index (χ1) is 13.6. The molecule has 0 bridgehead atoms. The second-order valence-corrected chi connectivity index (χ2v) is 6.53. The van der Waals surface area contributed by atoms with Gasteiger partial charge >= 0.3 is 0 Å². The zero-order valence-corrected chi connectivity index (χ0v) is 16.4. The first-order valence-corrected chi connectivity index (χ1v) is 9.52. The van der Waals surface area contributed by atoms with Crippen LogP contribution < -0.4 is 19.1 Å². The highest BCUT2D eigenvalue weighted by molar-refractivity contribution is 6.32. The van der Waals surface area contributed by atoms with Gasteiger partial charge in [-0.15, -0.1) is 0 Å². The highest BCUT2D eigenvalue weighted by Gasteiger charge is 2.23. The largest absolute Gasteiger partial charge is 0.494 e. The van der Waals surface area contributed by atoms with E-state index in [1.807, 2.05) is 6.92 Å². The van der Waals surface area contributed by atoms with Gasteiger partial charge < -0.3 is 19.1 Å². The fourth-order valence-electron chi connectivity index (χ4n) is 2.91. The maximum Gasteiger partial charge on any atom is 0.258 e. The van der Waals surface area contributed by atoms with Gasteiger partial charge in [0.25, 0.3) is 5.91 Å². The minimum atomic E-state index is -0.267. The summed E-state index contributed by atoms with van der Waals surface area (Å²) in [4.78, 5) is 14.8. The molecule has 0 unspecified atom stereocenters. The van der Waals surface area contributed by atoms with E-state index in [-0.39, 0.29) is 18.9 Å². The van der Waals surface area contributed by atoms with Crippen molar-refractivity contribution in [3.63, 3.8) is 0 Å². The Kier molecular flexibility index (Phi) is 6.62. The third-order valence-corrected chi connectivity index (χ3v) is 4.48. The number of nitriles is 1. The molecule has 28 heavy (non-hydrogen) atoms. The average molecular weight is 401 g/mol. The molecular weight excluding hydrogens is 380 g/mol. The molecule has 1 heterocycles. The van der Waals surface area contributed by atoms with Gasteiger partial charge in [-0.25, -0.2) is 0 Å². The van der Waals surface area contributed by atoms with E-state index in [1.54, 1.807) is 41.3 Å². The predicted molar refractivity (Wildman–Crippen MR) is 107 cm³/mol. The van der Waals surface area contributed by atoms with Crippen molar-refractivity contribution < 1.29 is 19.0 Å². The van der Waals surface area contributed by atoms with Crippen molar-refractivity contribution in [3.8, 4) is 23.3 Å². The first kappa shape index (κ1) is 19.8. The monoisotopic (exact) mass is 400 g/mol. The number of nitrogens with zero attached hydrogens (tertiary/aromatic N) is 2. The van der Waals surface area contributed by atoms with Crippen LogP contribution in [0.25, 0.3) is 0 Å². The number of rotatable bonds is 6. The topological polar surface area (TPSA) is 71.8 Å². The van der Waals surface area contributed by atoms with E-state index in [1.165, 1.54) is 0 Å². The van der Waals surface area contributed by atoms with E-state index in [0.29, 0.717) is 47.6 Å². The number of halogens is 1. The van der Waals surface area contributed by atoms with E-state index in [9.17, 15) is 4.79 Å². The van der Waals surface area contributed by atoms with Crippen molar-refractivity contribution in [3.05, 3.63) is 47.0 Å². The number of hydrogen-bond donors (Lipinski definition) is 0. The molecule has 0 spiro atoms. The van der Waals surface area contributed by atoms with E-state index in [0.717, 1.165) is 12.2 Å². The van der Waals surface area contributed by atoms with Crippen LogP contribution in [0.15, 0.2) is 36.4 Å². The Balaban J connectivity index is 1.92. The number of carbonyl (C=O) groups is 1. The molecule has 7 heteroatoms. The molecule has 1 aliphatic heterocycles. The van der Waals surface area contributed by atoms with E-state index in [2.05, 4.69) is 6.07 Å². The highest BCUT2D eigenvalue weighted by atomic mass is 35.5. The van der Waals surface area contributed by atoms with Gasteiger partial charge in [-0.3, -0.25) is 4.79 Å². The number of hydrogen-bond acceptors (Lipinski definition) is 5. The number of anilines is 1. The van der Waals surface area contributed by atoms with Gasteiger partial charge in [0.05, 0.1) is 37.3 Å². The summed E-state index contributed by atoms with van der Waals surface area (Å²) in [5.41, 5.74) is 1.05. The lowest BCUT2D eigenvalue weighted by atomic mass is 10.1. The van der Waals surface area contributed by atoms with Crippen LogP contribution in [0.3, 0.4) is 0 Å². The van der Waals surface area contributed by atoms with Crippen molar-refractivity contribution in [1.82, 2.24) is 0 Å². The molecule has 0 aliphatic carbocycles. The second-order valence-electron chi connectivity index (χ2n) is 6.13. The summed E-state index contributed by atoms with van der Waals surface area (Å²) in [6.45, 7) is 3.74. The lowest BCUT2D eigenvalue weighted by Crippen LogP contribution is -2.31. The van der Waals surface area contributed by atoms with Gasteiger partial charge in [0.1, 0.15) is 5.75 Å². The zero-order chi connectivity index (χ0) is 19.9. The van der Waals surface area contributed by atoms with Crippen LogP contribution in [0, 0.1) is 11.3 Å². The van der Waals surface area contributed by atoms with E-state index < -0.39 is 0 Å². The quantitative estimate of drug-likeness (QED) is 0.715. The molecule has 146 valence electrons. The standard InChI is InChI=1S/C21H21ClN2O4/c1-2-26-17-7-5-16(6-8-17)24(10-3-9-23)21(25)15-13-18(22)20-19(14-15)27-11-4-12-28-20/h5-8,13-14H,2-4,10-12H2,1H3. The molecule has 0 atom stereocenters. The first-order valence-electron chi connectivity index (χ1n) is 9.15. The Morgan fingerprint density at radius 3 is 2.71 bits per heavy atom. The summed E-state index contributed by atoms with van der Waals surface area (Å²) in [5, 5.41) is 9.32. The van der Waals surface area contributed by atoms with Gasteiger partial charge in [0.2, 0.25) is 0 Å². The Labute approximate surface area is 169 Å². The predicted octanol–water partition coefficient (Wildman–Crippen LogP) is 4.46. The van der Waals surface area contributed by atoms with Crippen molar-refractivity contribution >= 4 is 23.2 Å². The molecular formula is C21H21ClN2O4. The maximum atomic E-state index is 13.2. The van der Waals surface area contributed by atoms with Gasteiger partial charge in [0.15, 0.2) is 11.5 Å². The molecule has 0 N–H and O–H groups in total. The van der Waals surface area contributed by atoms with Crippen molar-refractivity contribution in [2.45, 2.75) is 19.8 Å². The number of benzene rings is 2. The molecule has 2 aromatic carbocycles. The van der Waals surface area contributed by atoms with E-state index in [4.69, 9.17) is 31.1 Å². The van der Waals surface area contributed by atoms with Crippen LogP contribution in [0.5, 0.6) is 17.2 Å². The SMILES string of the molecule is CCOc1ccc(N(CCC#N)C(=O)c2cc(Cl)c3c(c2)OCCCO3)cc1. The third kappa shape index (κ3) is 4.49. The number of amides is 1. The molecule has 1 amide bonds. The summed E-state index contributed by atoms with van der Waals surface area (Å²) in [6, 6.07) is 12.5. The molecule has 3 rings (SSSR count). The summed E-state index contributed by atoms with van der Waals surface area (Å²) in [7, 11) is 0. The summed E-state index contributed by atoms with van der Waals surface area (Å²) in [6.07, 6.45) is 0.950. The Bertz CT molecular complexity index is 877. The molecule has 6 nitrogen and oxygen atoms in total. The molecule has 0 aromatic heterocycles. The fraction of sp³-hybridized carbons (Fsp3) is 0.333. The summed E-state index contributed by atoms with van der Waals surface area (Å²) >= 11 is 6.33. The second kappa shape index (κ2) is 9.34. The smallest absolute Gasteiger partial charge is 0.258 e. The molecule has 0 radical (unpaired) electrons. The normalized spacial score (nSPS) is 12.6. The minimum Gasteiger partial charge on any atom is -0.494 e. The van der Waals surface area contributed by atoms with Crippen LogP contribution in [0.4, 0.5) is 5.69 Å². The molecule has 0 fully saturated rings. The number of ether oxygens (including phenoxy) is 3. The summed E-state index contributed by atoms with van der Waals surface area (Å²) in [5.74, 6) is 1.37. The maximum absolute atomic E-state index is 13.2. The van der Waals surface area contributed by atoms with Gasteiger partial charge in [0, 0.05) is 24.2 Å². The molecule has 2 aromatic rings. The van der Waals surface area contributed by atoms with Crippen molar-refractivity contribution in [1.29, 1.82) is 5.26 Å². The van der Waals surface area contributed by atoms with Gasteiger partial charge in [-0.05, 0) is 43.3 Å². The van der Waals surface area contributed by atoms with E-state index >= 15 is 0 Å². The molecule has 1 aliphatic rings. The van der Waals surface area contributed by atoms with Crippen LogP contribution in [0.1, 0.15) is 30.1 Å². The number of carbonyl (C=O) groups excluding carboxylic acids is 1. The average Bonchev–Trinajstić information content (AvgIpc) is 2.95. The van der Waals surface area contributed by atoms with Crippen molar-refractivity contribution in [2.24, 2.45) is 0 Å². The van der Waals surface area contributed by atoms with Crippen LogP contribution in [-0.2, 0) is 0 Å². The van der Waals surface area contributed by atoms with Crippen LogP contribution in [0.2, 0.25) is 5.02 Å². The Hall–Kier alpha value is -2.91. The Morgan fingerprint density at radius 1 is 1.25 bits per heavy atom. The highest BCUT2D eigenvalue weighted by Crippen LogP contribution is 2.38. The zero-order valence-electron chi connectivity index (χ0n) is 15.6. The van der Waals surface area contributed by atoms with Gasteiger partial charge in [-0.1, -0.05) is 11.6 Å². The third-order valence-electron chi connectivity index (χ3n) is 4.20. The lowest BCUT2D eigenvalue weighted by Gasteiger charge is -2.23. The number of fused-ring (bicyclic) bond motifs is 1.